The van der Waals surface area contributed by atoms with Crippen molar-refractivity contribution in [2.24, 2.45) is 0 Å². The van der Waals surface area contributed by atoms with Crippen molar-refractivity contribution in [2.75, 3.05) is 46.6 Å². The van der Waals surface area contributed by atoms with Gasteiger partial charge in [0.05, 0.1) is 29.3 Å². The lowest BCUT2D eigenvalue weighted by Crippen LogP contribution is -2.19. The molecule has 0 spiro atoms. The van der Waals surface area contributed by atoms with Crippen LogP contribution in [0, 0.1) is 5.82 Å². The van der Waals surface area contributed by atoms with Crippen LogP contribution in [0.25, 0.3) is 33.4 Å². The molecule has 12 heteroatoms. The number of nitrogens with zero attached hydrogens (tertiary/aromatic N) is 4. The maximum absolute atomic E-state index is 15.6. The van der Waals surface area contributed by atoms with Gasteiger partial charge in [-0.05, 0) is 55.2 Å². The molecule has 1 aliphatic rings. The number of hydrogen-bond acceptors (Lipinski definition) is 8. The Kier molecular flexibility index (Phi) is 6.98. The monoisotopic (exact) mass is 539 g/mol. The average molecular weight is 540 g/mol. The first-order valence-corrected chi connectivity index (χ1v) is 13.8. The van der Waals surface area contributed by atoms with Gasteiger partial charge in [0.15, 0.2) is 11.6 Å². The number of nitrogen functional groups attached to an aromatic ring is 2. The fraction of sp³-hybridized carbons (Fsp3) is 0.269. The molecule has 0 bridgehead atoms. The minimum atomic E-state index is -3.91. The fourth-order valence-corrected chi connectivity index (χ4v) is 5.64. The molecule has 9 nitrogen and oxygen atoms in total. The Hall–Kier alpha value is -4.06. The number of sulfonamides is 1. The Labute approximate surface area is 219 Å². The Bertz CT molecular complexity index is 1590. The highest BCUT2D eigenvalue weighted by atomic mass is 32.2. The Balaban J connectivity index is 1.64. The summed E-state index contributed by atoms with van der Waals surface area (Å²) in [6.45, 7) is 0.829. The van der Waals surface area contributed by atoms with Gasteiger partial charge >= 0.3 is 0 Å². The second kappa shape index (κ2) is 10.4. The van der Waals surface area contributed by atoms with Crippen molar-refractivity contribution >= 4 is 43.9 Å². The van der Waals surface area contributed by atoms with Crippen LogP contribution in [0.15, 0.2) is 48.7 Å². The zero-order valence-corrected chi connectivity index (χ0v) is 21.3. The number of nitrogens with one attached hydrogen (secondary N) is 1. The lowest BCUT2D eigenvalue weighted by molar-refractivity contribution is 0.484. The number of anilines is 4. The second-order valence-corrected chi connectivity index (χ2v) is 11.0. The molecule has 0 amide bonds. The largest absolute Gasteiger partial charge is 0.384 e. The first-order chi connectivity index (χ1) is 18.3. The molecule has 0 aliphatic carbocycles. The molecule has 0 saturated carbocycles. The summed E-state index contributed by atoms with van der Waals surface area (Å²) in [4.78, 5) is 15.6. The molecule has 1 aliphatic heterocycles. The highest BCUT2D eigenvalue weighted by molar-refractivity contribution is 7.92. The third kappa shape index (κ3) is 5.17. The third-order valence-corrected chi connectivity index (χ3v) is 7.78. The molecule has 3 heterocycles. The van der Waals surface area contributed by atoms with E-state index in [9.17, 15) is 12.8 Å². The summed E-state index contributed by atoms with van der Waals surface area (Å²) in [5, 5.41) is 0.546. The van der Waals surface area contributed by atoms with E-state index >= 15 is 4.39 Å². The van der Waals surface area contributed by atoms with Gasteiger partial charge in [0.25, 0.3) is 0 Å². The second-order valence-electron chi connectivity index (χ2n) is 9.12. The molecule has 198 valence electrons. The standard InChI is InChI=1S/C26H27F2N7O2S/c27-9-4-12-38(36,37)34-20-6-3-5-18(23(20)28)17-13-19-24(21(14-17)35-10-1-2-11-35)32-26(33-25(19)30)16-7-8-22(29)31-15-16/h3,5-8,13-15,34H,1-2,4,9-12H2,(H2,29,31)(H2,30,32,33). The number of fused-ring (bicyclic) bond motifs is 1. The van der Waals surface area contributed by atoms with Crippen LogP contribution < -0.4 is 21.1 Å². The van der Waals surface area contributed by atoms with E-state index in [4.69, 9.17) is 16.5 Å². The van der Waals surface area contributed by atoms with Crippen LogP contribution in [-0.2, 0) is 10.0 Å². The number of rotatable bonds is 8. The highest BCUT2D eigenvalue weighted by Crippen LogP contribution is 2.38. The molecule has 38 heavy (non-hydrogen) atoms. The van der Waals surface area contributed by atoms with Crippen LogP contribution in [0.5, 0.6) is 0 Å². The molecule has 1 fully saturated rings. The number of halogens is 2. The predicted molar refractivity (Wildman–Crippen MR) is 146 cm³/mol. The van der Waals surface area contributed by atoms with Gasteiger partial charge in [-0.25, -0.2) is 27.8 Å². The number of pyridine rings is 1. The summed E-state index contributed by atoms with van der Waals surface area (Å²) in [6.07, 6.45) is 3.42. The molecule has 5 rings (SSSR count). The lowest BCUT2D eigenvalue weighted by Gasteiger charge is -2.22. The fourth-order valence-electron chi connectivity index (χ4n) is 4.56. The molecule has 2 aromatic heterocycles. The van der Waals surface area contributed by atoms with Gasteiger partial charge in [-0.15, -0.1) is 0 Å². The van der Waals surface area contributed by atoms with Crippen molar-refractivity contribution in [3.05, 3.63) is 54.5 Å². The van der Waals surface area contributed by atoms with E-state index in [0.717, 1.165) is 31.6 Å². The molecule has 0 atom stereocenters. The van der Waals surface area contributed by atoms with Crippen molar-refractivity contribution in [1.82, 2.24) is 15.0 Å². The number of aromatic nitrogens is 3. The van der Waals surface area contributed by atoms with Crippen molar-refractivity contribution in [2.45, 2.75) is 19.3 Å². The van der Waals surface area contributed by atoms with Crippen LogP contribution in [0.3, 0.4) is 0 Å². The van der Waals surface area contributed by atoms with Crippen LogP contribution >= 0.6 is 0 Å². The van der Waals surface area contributed by atoms with Gasteiger partial charge in [-0.2, -0.15) is 0 Å². The molecule has 4 aromatic rings. The minimum Gasteiger partial charge on any atom is -0.384 e. The number of hydrogen-bond donors (Lipinski definition) is 3. The number of benzene rings is 2. The highest BCUT2D eigenvalue weighted by Gasteiger charge is 2.22. The van der Waals surface area contributed by atoms with Gasteiger partial charge in [0.1, 0.15) is 11.6 Å². The summed E-state index contributed by atoms with van der Waals surface area (Å²) in [7, 11) is -3.91. The third-order valence-electron chi connectivity index (χ3n) is 6.42. The zero-order valence-electron chi connectivity index (χ0n) is 20.5. The van der Waals surface area contributed by atoms with Gasteiger partial charge in [-0.3, -0.25) is 9.11 Å². The van der Waals surface area contributed by atoms with E-state index in [1.807, 2.05) is 6.07 Å². The molecule has 1 saturated heterocycles. The van der Waals surface area contributed by atoms with E-state index in [1.165, 1.54) is 6.07 Å². The number of nitrogens with two attached hydrogens (primary N) is 2. The first-order valence-electron chi connectivity index (χ1n) is 12.2. The SMILES string of the molecule is Nc1ccc(-c2nc(N)c3cc(-c4cccc(NS(=O)(=O)CCCF)c4F)cc(N4CCCC4)c3n2)cn1. The summed E-state index contributed by atoms with van der Waals surface area (Å²) in [6, 6.07) is 11.4. The van der Waals surface area contributed by atoms with Crippen LogP contribution in [0.1, 0.15) is 19.3 Å². The molecule has 0 unspecified atom stereocenters. The molecule has 2 aromatic carbocycles. The quantitative estimate of drug-likeness (QED) is 0.300. The molecule has 5 N–H and O–H groups in total. The van der Waals surface area contributed by atoms with Crippen LogP contribution in [-0.4, -0.2) is 48.9 Å². The molecular weight excluding hydrogens is 512 g/mol. The predicted octanol–water partition coefficient (Wildman–Crippen LogP) is 4.36. The zero-order chi connectivity index (χ0) is 26.9. The average Bonchev–Trinajstić information content (AvgIpc) is 3.44. The van der Waals surface area contributed by atoms with E-state index < -0.39 is 28.3 Å². The minimum absolute atomic E-state index is 0.172. The topological polar surface area (TPSA) is 140 Å². The summed E-state index contributed by atoms with van der Waals surface area (Å²) < 4.78 is 54.9. The van der Waals surface area contributed by atoms with Crippen molar-refractivity contribution in [3.8, 4) is 22.5 Å². The Morgan fingerprint density at radius 2 is 1.82 bits per heavy atom. The number of alkyl halides is 1. The summed E-state index contributed by atoms with van der Waals surface area (Å²) >= 11 is 0. The summed E-state index contributed by atoms with van der Waals surface area (Å²) in [5.41, 5.74) is 14.7. The van der Waals surface area contributed by atoms with E-state index in [-0.39, 0.29) is 23.5 Å². The Morgan fingerprint density at radius 3 is 2.53 bits per heavy atom. The molecule has 0 radical (unpaired) electrons. The van der Waals surface area contributed by atoms with Crippen molar-refractivity contribution in [3.63, 3.8) is 0 Å². The van der Waals surface area contributed by atoms with E-state index in [2.05, 4.69) is 19.6 Å². The van der Waals surface area contributed by atoms with Gasteiger partial charge in [0, 0.05) is 35.8 Å². The lowest BCUT2D eigenvalue weighted by atomic mass is 10.0. The van der Waals surface area contributed by atoms with Crippen molar-refractivity contribution < 1.29 is 17.2 Å². The normalized spacial score (nSPS) is 13.8. The van der Waals surface area contributed by atoms with Crippen molar-refractivity contribution in [1.29, 1.82) is 0 Å². The van der Waals surface area contributed by atoms with E-state index in [1.54, 1.807) is 36.5 Å². The Morgan fingerprint density at radius 1 is 1.03 bits per heavy atom. The van der Waals surface area contributed by atoms with E-state index in [0.29, 0.717) is 33.7 Å². The van der Waals surface area contributed by atoms with Gasteiger partial charge in [-0.1, -0.05) is 12.1 Å². The first kappa shape index (κ1) is 25.6. The molecular formula is C26H27F2N7O2S. The maximum Gasteiger partial charge on any atom is 0.232 e. The smallest absolute Gasteiger partial charge is 0.232 e. The van der Waals surface area contributed by atoms with Gasteiger partial charge < -0.3 is 16.4 Å². The maximum atomic E-state index is 15.6. The summed E-state index contributed by atoms with van der Waals surface area (Å²) in [5.74, 6) is -0.202. The van der Waals surface area contributed by atoms with Crippen LogP contribution in [0.2, 0.25) is 0 Å². The van der Waals surface area contributed by atoms with Gasteiger partial charge in [0.2, 0.25) is 10.0 Å². The van der Waals surface area contributed by atoms with Crippen LogP contribution in [0.4, 0.5) is 31.8 Å².